The maximum Gasteiger partial charge on any atom is 0.257 e. The van der Waals surface area contributed by atoms with Gasteiger partial charge in [0.15, 0.2) is 5.82 Å². The minimum Gasteiger partial charge on any atom is -0.472 e. The van der Waals surface area contributed by atoms with Crippen molar-refractivity contribution >= 4 is 15.9 Å². The molecule has 1 saturated heterocycles. The molecule has 2 aromatic heterocycles. The molecular weight excluding hydrogens is 372 g/mol. The number of carbonyl (C=O) groups is 1. The SMILES string of the molecule is CCS(=O)(=O)N[C@@H]1C[C@H]2CN(C(=O)c3ccoc3)C[C@@]2(c2nc(C)no2)C1. The maximum atomic E-state index is 12.8. The van der Waals surface area contributed by atoms with Crippen LogP contribution in [0.2, 0.25) is 0 Å². The predicted molar refractivity (Wildman–Crippen MR) is 94.4 cm³/mol. The van der Waals surface area contributed by atoms with E-state index in [0.29, 0.717) is 43.2 Å². The Morgan fingerprint density at radius 1 is 1.48 bits per heavy atom. The van der Waals surface area contributed by atoms with Gasteiger partial charge in [-0.05, 0) is 38.7 Å². The van der Waals surface area contributed by atoms with Gasteiger partial charge in [0, 0.05) is 19.1 Å². The molecule has 1 N–H and O–H groups in total. The molecule has 27 heavy (non-hydrogen) atoms. The van der Waals surface area contributed by atoms with Crippen molar-refractivity contribution in [2.45, 2.75) is 38.1 Å². The third kappa shape index (κ3) is 3.16. The van der Waals surface area contributed by atoms with Crippen molar-refractivity contribution in [3.63, 3.8) is 0 Å². The fourth-order valence-electron chi connectivity index (χ4n) is 4.35. The summed E-state index contributed by atoms with van der Waals surface area (Å²) in [5.74, 6) is 0.963. The number of furan rings is 1. The summed E-state index contributed by atoms with van der Waals surface area (Å²) in [5, 5.41) is 3.91. The highest BCUT2D eigenvalue weighted by Gasteiger charge is 2.58. The van der Waals surface area contributed by atoms with E-state index in [1.165, 1.54) is 12.5 Å². The monoisotopic (exact) mass is 394 g/mol. The lowest BCUT2D eigenvalue weighted by Gasteiger charge is -2.25. The summed E-state index contributed by atoms with van der Waals surface area (Å²) in [5.41, 5.74) is -0.0447. The Bertz CT molecular complexity index is 938. The molecule has 1 saturated carbocycles. The molecule has 0 bridgehead atoms. The van der Waals surface area contributed by atoms with Gasteiger partial charge in [-0.3, -0.25) is 4.79 Å². The van der Waals surface area contributed by atoms with Crippen LogP contribution >= 0.6 is 0 Å². The van der Waals surface area contributed by atoms with Gasteiger partial charge in [-0.2, -0.15) is 4.98 Å². The van der Waals surface area contributed by atoms with E-state index >= 15 is 0 Å². The fourth-order valence-corrected chi connectivity index (χ4v) is 5.21. The Hall–Kier alpha value is -2.20. The molecule has 0 radical (unpaired) electrons. The number of amides is 1. The van der Waals surface area contributed by atoms with Gasteiger partial charge in [0.2, 0.25) is 15.9 Å². The van der Waals surface area contributed by atoms with E-state index in [0.717, 1.165) is 0 Å². The number of rotatable bonds is 5. The van der Waals surface area contributed by atoms with Gasteiger partial charge >= 0.3 is 0 Å². The molecule has 0 unspecified atom stereocenters. The normalized spacial score (nSPS) is 27.9. The molecule has 1 amide bonds. The zero-order valence-electron chi connectivity index (χ0n) is 15.2. The Balaban J connectivity index is 1.62. The first-order valence-corrected chi connectivity index (χ1v) is 10.6. The largest absolute Gasteiger partial charge is 0.472 e. The topological polar surface area (TPSA) is 119 Å². The average Bonchev–Trinajstić information content (AvgIpc) is 3.36. The fraction of sp³-hybridized carbons (Fsp3) is 0.588. The van der Waals surface area contributed by atoms with E-state index in [-0.39, 0.29) is 23.6 Å². The van der Waals surface area contributed by atoms with Crippen molar-refractivity contribution < 1.29 is 22.2 Å². The number of aryl methyl sites for hydroxylation is 1. The van der Waals surface area contributed by atoms with Crippen LogP contribution in [0.15, 0.2) is 27.5 Å². The van der Waals surface area contributed by atoms with Crippen LogP contribution in [0.4, 0.5) is 0 Å². The first-order chi connectivity index (χ1) is 12.8. The lowest BCUT2D eigenvalue weighted by atomic mass is 9.80. The smallest absolute Gasteiger partial charge is 0.257 e. The van der Waals surface area contributed by atoms with E-state index in [4.69, 9.17) is 8.94 Å². The highest BCUT2D eigenvalue weighted by molar-refractivity contribution is 7.89. The summed E-state index contributed by atoms with van der Waals surface area (Å²) in [6, 6.07) is 1.43. The summed E-state index contributed by atoms with van der Waals surface area (Å²) in [4.78, 5) is 18.9. The molecule has 10 heteroatoms. The average molecular weight is 394 g/mol. The van der Waals surface area contributed by atoms with E-state index < -0.39 is 15.4 Å². The highest BCUT2D eigenvalue weighted by atomic mass is 32.2. The zero-order chi connectivity index (χ0) is 19.2. The van der Waals surface area contributed by atoms with E-state index in [1.54, 1.807) is 24.8 Å². The Kier molecular flexibility index (Phi) is 4.34. The van der Waals surface area contributed by atoms with Crippen LogP contribution in [0.1, 0.15) is 41.8 Å². The first kappa shape index (κ1) is 18.2. The Labute approximate surface area is 157 Å². The number of carbonyl (C=O) groups excluding carboxylic acids is 1. The number of aromatic nitrogens is 2. The van der Waals surface area contributed by atoms with Crippen molar-refractivity contribution in [3.8, 4) is 0 Å². The number of likely N-dealkylation sites (tertiary alicyclic amines) is 1. The van der Waals surface area contributed by atoms with E-state index in [9.17, 15) is 13.2 Å². The number of nitrogens with zero attached hydrogens (tertiary/aromatic N) is 3. The summed E-state index contributed by atoms with van der Waals surface area (Å²) in [7, 11) is -3.31. The molecule has 4 rings (SSSR count). The van der Waals surface area contributed by atoms with Crippen molar-refractivity contribution in [2.24, 2.45) is 5.92 Å². The third-order valence-electron chi connectivity index (χ3n) is 5.61. The number of hydrogen-bond donors (Lipinski definition) is 1. The third-order valence-corrected chi connectivity index (χ3v) is 7.06. The number of fused-ring (bicyclic) bond motifs is 1. The van der Waals surface area contributed by atoms with Crippen molar-refractivity contribution in [2.75, 3.05) is 18.8 Å². The maximum absolute atomic E-state index is 12.8. The van der Waals surface area contributed by atoms with Crippen molar-refractivity contribution in [3.05, 3.63) is 35.9 Å². The summed E-state index contributed by atoms with van der Waals surface area (Å²) in [6.45, 7) is 4.28. The summed E-state index contributed by atoms with van der Waals surface area (Å²) in [6.07, 6.45) is 4.04. The van der Waals surface area contributed by atoms with E-state index in [1.807, 2.05) is 0 Å². The van der Waals surface area contributed by atoms with Gasteiger partial charge in [0.1, 0.15) is 6.26 Å². The van der Waals surface area contributed by atoms with Crippen LogP contribution in [0.3, 0.4) is 0 Å². The van der Waals surface area contributed by atoms with Gasteiger partial charge in [-0.25, -0.2) is 13.1 Å². The van der Waals surface area contributed by atoms with Crippen LogP contribution in [0.25, 0.3) is 0 Å². The van der Waals surface area contributed by atoms with Crippen LogP contribution in [0.5, 0.6) is 0 Å². The number of hydrogen-bond acceptors (Lipinski definition) is 7. The van der Waals surface area contributed by atoms with Crippen LogP contribution in [-0.4, -0.2) is 54.2 Å². The van der Waals surface area contributed by atoms with Crippen molar-refractivity contribution in [1.29, 1.82) is 0 Å². The molecule has 3 heterocycles. The lowest BCUT2D eigenvalue weighted by Crippen LogP contribution is -2.39. The highest BCUT2D eigenvalue weighted by Crippen LogP contribution is 2.50. The van der Waals surface area contributed by atoms with Crippen LogP contribution < -0.4 is 4.72 Å². The first-order valence-electron chi connectivity index (χ1n) is 8.95. The molecule has 1 aliphatic carbocycles. The van der Waals surface area contributed by atoms with Gasteiger partial charge in [-0.1, -0.05) is 5.16 Å². The molecule has 3 atom stereocenters. The molecule has 0 aromatic carbocycles. The molecule has 1 aliphatic heterocycles. The molecular formula is C17H22N4O5S. The summed E-state index contributed by atoms with van der Waals surface area (Å²) >= 11 is 0. The van der Waals surface area contributed by atoms with E-state index in [2.05, 4.69) is 14.9 Å². The van der Waals surface area contributed by atoms with Gasteiger partial charge in [0.05, 0.1) is 23.0 Å². The minimum atomic E-state index is -3.31. The standard InChI is InChI=1S/C17H22N4O5S/c1-3-27(23,24)20-14-6-13-8-21(15(22)12-4-5-25-9-12)10-17(13,7-14)16-18-11(2)19-26-16/h4-5,9,13-14,20H,3,6-8,10H2,1-2H3/t13-,14+,17-/m0/s1. The van der Waals surface area contributed by atoms with Gasteiger partial charge in [0.25, 0.3) is 5.91 Å². The Morgan fingerprint density at radius 2 is 2.30 bits per heavy atom. The number of sulfonamides is 1. The van der Waals surface area contributed by atoms with Gasteiger partial charge in [-0.15, -0.1) is 0 Å². The van der Waals surface area contributed by atoms with Crippen LogP contribution in [0, 0.1) is 12.8 Å². The lowest BCUT2D eigenvalue weighted by molar-refractivity contribution is 0.0772. The molecule has 0 spiro atoms. The zero-order valence-corrected chi connectivity index (χ0v) is 16.0. The second kappa shape index (κ2) is 6.45. The Morgan fingerprint density at radius 3 is 2.93 bits per heavy atom. The molecule has 9 nitrogen and oxygen atoms in total. The van der Waals surface area contributed by atoms with Crippen molar-refractivity contribution in [1.82, 2.24) is 19.8 Å². The molecule has 2 fully saturated rings. The molecule has 146 valence electrons. The van der Waals surface area contributed by atoms with Gasteiger partial charge < -0.3 is 13.8 Å². The second-order valence-electron chi connectivity index (χ2n) is 7.36. The molecule has 2 aliphatic rings. The minimum absolute atomic E-state index is 0.0337. The summed E-state index contributed by atoms with van der Waals surface area (Å²) < 4.78 is 37.3. The predicted octanol–water partition coefficient (Wildman–Crippen LogP) is 1.08. The van der Waals surface area contributed by atoms with Crippen LogP contribution in [-0.2, 0) is 15.4 Å². The number of nitrogens with one attached hydrogen (secondary N) is 1. The molecule has 2 aromatic rings. The second-order valence-corrected chi connectivity index (χ2v) is 9.40. The quantitative estimate of drug-likeness (QED) is 0.806.